The monoisotopic (exact) mass is 315 g/mol. The van der Waals surface area contributed by atoms with Crippen LogP contribution in [0, 0.1) is 5.41 Å². The van der Waals surface area contributed by atoms with Crippen LogP contribution in [0.3, 0.4) is 0 Å². The van der Waals surface area contributed by atoms with Crippen LogP contribution in [0.15, 0.2) is 0 Å². The average molecular weight is 315 g/mol. The number of carbonyl (C=O) groups excluding carboxylic acids is 1. The lowest BCUT2D eigenvalue weighted by atomic mass is 10.1. The number of hydrogen-bond donors (Lipinski definition) is 6. The molecule has 1 aliphatic rings. The first kappa shape index (κ1) is 17.9. The third kappa shape index (κ3) is 5.66. The molecular weight excluding hydrogens is 294 g/mol. The molecule has 0 aromatic heterocycles. The van der Waals surface area contributed by atoms with E-state index in [0.29, 0.717) is 19.4 Å². The Labute approximate surface area is 127 Å². The molecule has 1 rings (SSSR count). The summed E-state index contributed by atoms with van der Waals surface area (Å²) in [6.45, 7) is 0.342. The molecule has 22 heavy (non-hydrogen) atoms. The first-order valence-electron chi connectivity index (χ1n) is 6.89. The van der Waals surface area contributed by atoms with Crippen molar-refractivity contribution in [1.29, 1.82) is 5.41 Å². The van der Waals surface area contributed by atoms with Crippen LogP contribution < -0.4 is 16.5 Å². The van der Waals surface area contributed by atoms with Crippen LogP contribution in [-0.2, 0) is 14.4 Å². The normalized spacial score (nSPS) is 19.8. The minimum Gasteiger partial charge on any atom is -0.480 e. The number of carbonyl (C=O) groups is 3. The standard InChI is InChI=1S/C12H21N5O5/c13-12(14)15-4-2-1-3-8(10(19)20)16-17-6-7(18)5-9(17)11(21)22/h8-9,16H,1-6H2,(H,19,20)(H,21,22)(H4,13,14,15)/t8-,9-/m0/s1. The van der Waals surface area contributed by atoms with Crippen molar-refractivity contribution in [1.82, 2.24) is 15.8 Å². The Hall–Kier alpha value is -2.20. The predicted molar refractivity (Wildman–Crippen MR) is 76.1 cm³/mol. The summed E-state index contributed by atoms with van der Waals surface area (Å²) in [6.07, 6.45) is 1.30. The largest absolute Gasteiger partial charge is 0.480 e. The van der Waals surface area contributed by atoms with Gasteiger partial charge in [0, 0.05) is 13.0 Å². The zero-order chi connectivity index (χ0) is 16.7. The zero-order valence-electron chi connectivity index (χ0n) is 12.0. The second kappa shape index (κ2) is 8.29. The quantitative estimate of drug-likeness (QED) is 0.165. The van der Waals surface area contributed by atoms with Crippen molar-refractivity contribution in [3.8, 4) is 0 Å². The van der Waals surface area contributed by atoms with Gasteiger partial charge in [-0.15, -0.1) is 0 Å². The first-order chi connectivity index (χ1) is 10.3. The SMILES string of the molecule is N=C(N)NCCCC[C@H](NN1CC(=O)C[C@H]1C(=O)O)C(=O)O. The van der Waals surface area contributed by atoms with E-state index in [1.54, 1.807) is 0 Å². The summed E-state index contributed by atoms with van der Waals surface area (Å²) in [5, 5.41) is 29.0. The molecule has 0 saturated carbocycles. The molecule has 0 aromatic rings. The summed E-state index contributed by atoms with van der Waals surface area (Å²) in [4.78, 5) is 33.6. The predicted octanol–water partition coefficient (Wildman–Crippen LogP) is -1.67. The van der Waals surface area contributed by atoms with Crippen molar-refractivity contribution >= 4 is 23.7 Å². The molecule has 0 radical (unpaired) electrons. The number of rotatable bonds is 9. The highest BCUT2D eigenvalue weighted by atomic mass is 16.4. The molecule has 10 nitrogen and oxygen atoms in total. The van der Waals surface area contributed by atoms with Gasteiger partial charge in [0.15, 0.2) is 11.7 Å². The molecule has 2 atom stereocenters. The van der Waals surface area contributed by atoms with Crippen LogP contribution in [0.5, 0.6) is 0 Å². The number of ketones is 1. The third-order valence-corrected chi connectivity index (χ3v) is 3.28. The Morgan fingerprint density at radius 3 is 2.64 bits per heavy atom. The molecule has 0 amide bonds. The van der Waals surface area contributed by atoms with Gasteiger partial charge in [0.1, 0.15) is 12.1 Å². The fourth-order valence-electron chi connectivity index (χ4n) is 2.19. The van der Waals surface area contributed by atoms with E-state index in [0.717, 1.165) is 0 Å². The van der Waals surface area contributed by atoms with Crippen molar-refractivity contribution in [2.24, 2.45) is 5.73 Å². The fourth-order valence-corrected chi connectivity index (χ4v) is 2.19. The highest BCUT2D eigenvalue weighted by molar-refractivity contribution is 5.90. The fraction of sp³-hybridized carbons (Fsp3) is 0.667. The number of carboxylic acids is 2. The van der Waals surface area contributed by atoms with E-state index in [1.807, 2.05) is 0 Å². The van der Waals surface area contributed by atoms with Gasteiger partial charge in [-0.1, -0.05) is 0 Å². The van der Waals surface area contributed by atoms with Crippen LogP contribution in [0.2, 0.25) is 0 Å². The second-order valence-electron chi connectivity index (χ2n) is 5.08. The molecule has 10 heteroatoms. The molecule has 1 heterocycles. The highest BCUT2D eigenvalue weighted by Crippen LogP contribution is 2.14. The molecule has 0 unspecified atom stereocenters. The second-order valence-corrected chi connectivity index (χ2v) is 5.08. The summed E-state index contributed by atoms with van der Waals surface area (Å²) in [6, 6.07) is -2.00. The van der Waals surface area contributed by atoms with Crippen LogP contribution in [0.1, 0.15) is 25.7 Å². The number of unbranched alkanes of at least 4 members (excludes halogenated alkanes) is 1. The number of carboxylic acid groups (broad SMARTS) is 2. The molecule has 0 aromatic carbocycles. The Kier molecular flexibility index (Phi) is 6.73. The molecule has 0 spiro atoms. The lowest BCUT2D eigenvalue weighted by molar-refractivity contribution is -0.147. The zero-order valence-corrected chi connectivity index (χ0v) is 12.0. The first-order valence-corrected chi connectivity index (χ1v) is 6.89. The number of hydrazine groups is 1. The molecular formula is C12H21N5O5. The van der Waals surface area contributed by atoms with Crippen molar-refractivity contribution in [3.05, 3.63) is 0 Å². The lowest BCUT2D eigenvalue weighted by Crippen LogP contribution is -2.52. The molecule has 1 aliphatic heterocycles. The maximum atomic E-state index is 11.4. The number of aliphatic carboxylic acids is 2. The molecule has 1 fully saturated rings. The van der Waals surface area contributed by atoms with E-state index in [-0.39, 0.29) is 31.1 Å². The van der Waals surface area contributed by atoms with Gasteiger partial charge in [-0.25, -0.2) is 10.4 Å². The van der Waals surface area contributed by atoms with Crippen LogP contribution >= 0.6 is 0 Å². The number of nitrogens with two attached hydrogens (primary N) is 1. The van der Waals surface area contributed by atoms with Crippen molar-refractivity contribution < 1.29 is 24.6 Å². The van der Waals surface area contributed by atoms with E-state index < -0.39 is 24.0 Å². The number of guanidine groups is 1. The smallest absolute Gasteiger partial charge is 0.322 e. The Bertz CT molecular complexity index is 455. The number of hydrogen-bond acceptors (Lipinski definition) is 6. The van der Waals surface area contributed by atoms with Gasteiger partial charge >= 0.3 is 11.9 Å². The molecule has 7 N–H and O–H groups in total. The summed E-state index contributed by atoms with van der Waals surface area (Å²) >= 11 is 0. The number of nitrogens with one attached hydrogen (secondary N) is 3. The topological polar surface area (TPSA) is 169 Å². The van der Waals surface area contributed by atoms with E-state index in [4.69, 9.17) is 16.2 Å². The summed E-state index contributed by atoms with van der Waals surface area (Å²) in [7, 11) is 0. The minimum atomic E-state index is -1.16. The van der Waals surface area contributed by atoms with Gasteiger partial charge in [-0.05, 0) is 19.3 Å². The maximum absolute atomic E-state index is 11.4. The number of Topliss-reactive ketones (excluding diaryl/α,β-unsaturated/α-hetero) is 1. The molecule has 124 valence electrons. The van der Waals surface area contributed by atoms with E-state index in [2.05, 4.69) is 10.7 Å². The van der Waals surface area contributed by atoms with Gasteiger partial charge in [0.05, 0.1) is 6.54 Å². The Morgan fingerprint density at radius 1 is 1.41 bits per heavy atom. The summed E-state index contributed by atoms with van der Waals surface area (Å²) in [5.41, 5.74) is 7.74. The van der Waals surface area contributed by atoms with Gasteiger partial charge in [0.2, 0.25) is 0 Å². The molecule has 1 saturated heterocycles. The van der Waals surface area contributed by atoms with E-state index >= 15 is 0 Å². The van der Waals surface area contributed by atoms with Gasteiger partial charge in [-0.3, -0.25) is 19.8 Å². The highest BCUT2D eigenvalue weighted by Gasteiger charge is 2.37. The Balaban J connectivity index is 2.46. The van der Waals surface area contributed by atoms with Crippen LogP contribution in [-0.4, -0.2) is 64.1 Å². The molecule has 0 bridgehead atoms. The summed E-state index contributed by atoms with van der Waals surface area (Å²) < 4.78 is 0. The lowest BCUT2D eigenvalue weighted by Gasteiger charge is -2.25. The van der Waals surface area contributed by atoms with Crippen LogP contribution in [0.25, 0.3) is 0 Å². The van der Waals surface area contributed by atoms with E-state index in [1.165, 1.54) is 5.01 Å². The van der Waals surface area contributed by atoms with Gasteiger partial charge < -0.3 is 21.3 Å². The Morgan fingerprint density at radius 2 is 2.09 bits per heavy atom. The number of nitrogens with zero attached hydrogens (tertiary/aromatic N) is 1. The van der Waals surface area contributed by atoms with E-state index in [9.17, 15) is 19.5 Å². The summed E-state index contributed by atoms with van der Waals surface area (Å²) in [5.74, 6) is -2.65. The van der Waals surface area contributed by atoms with Crippen molar-refractivity contribution in [2.75, 3.05) is 13.1 Å². The third-order valence-electron chi connectivity index (χ3n) is 3.28. The average Bonchev–Trinajstić information content (AvgIpc) is 2.77. The minimum absolute atomic E-state index is 0.118. The van der Waals surface area contributed by atoms with Crippen LogP contribution in [0.4, 0.5) is 0 Å². The van der Waals surface area contributed by atoms with Gasteiger partial charge in [-0.2, -0.15) is 0 Å². The molecule has 0 aliphatic carbocycles. The van der Waals surface area contributed by atoms with Crippen molar-refractivity contribution in [3.63, 3.8) is 0 Å². The van der Waals surface area contributed by atoms with Crippen molar-refractivity contribution in [2.45, 2.75) is 37.8 Å². The van der Waals surface area contributed by atoms with Gasteiger partial charge in [0.25, 0.3) is 0 Å². The maximum Gasteiger partial charge on any atom is 0.322 e.